The van der Waals surface area contributed by atoms with Crippen molar-refractivity contribution in [1.82, 2.24) is 0 Å². The van der Waals surface area contributed by atoms with Crippen LogP contribution in [0.15, 0.2) is 29.2 Å². The van der Waals surface area contributed by atoms with Crippen LogP contribution in [0.25, 0.3) is 0 Å². The molecule has 0 aliphatic carbocycles. The summed E-state index contributed by atoms with van der Waals surface area (Å²) in [5.41, 5.74) is 0.792. The Morgan fingerprint density at radius 1 is 1.15 bits per heavy atom. The molecular weight excluding hydrogens is 284 g/mol. The van der Waals surface area contributed by atoms with Gasteiger partial charge < -0.3 is 5.32 Å². The number of anilines is 1. The maximum atomic E-state index is 12.4. The number of benzene rings is 1. The number of alkyl halides is 2. The number of nitrogens with one attached hydrogen (secondary N) is 1. The molecule has 0 atom stereocenters. The fraction of sp³-hybridized carbons (Fsp3) is 0.571. The molecule has 0 radical (unpaired) electrons. The Bertz CT molecular complexity index is 537. The zero-order chi connectivity index (χ0) is 15.6. The predicted octanol–water partition coefficient (Wildman–Crippen LogP) is 3.78. The molecule has 3 nitrogen and oxygen atoms in total. The fourth-order valence-electron chi connectivity index (χ4n) is 1.40. The molecule has 0 saturated carbocycles. The van der Waals surface area contributed by atoms with E-state index in [0.29, 0.717) is 18.2 Å². The lowest BCUT2D eigenvalue weighted by molar-refractivity contribution is 0.234. The van der Waals surface area contributed by atoms with Crippen LogP contribution in [0, 0.1) is 11.3 Å². The van der Waals surface area contributed by atoms with Gasteiger partial charge >= 0.3 is 5.76 Å². The maximum Gasteiger partial charge on any atom is 0.341 e. The summed E-state index contributed by atoms with van der Waals surface area (Å²) in [7, 11) is -4.51. The van der Waals surface area contributed by atoms with Gasteiger partial charge in [0.05, 0.1) is 4.90 Å². The zero-order valence-corrected chi connectivity index (χ0v) is 13.0. The predicted molar refractivity (Wildman–Crippen MR) is 76.7 cm³/mol. The number of hydrogen-bond acceptors (Lipinski definition) is 3. The van der Waals surface area contributed by atoms with Crippen LogP contribution in [0.3, 0.4) is 0 Å². The van der Waals surface area contributed by atoms with Gasteiger partial charge in [-0.05, 0) is 35.6 Å². The van der Waals surface area contributed by atoms with Crippen molar-refractivity contribution in [3.05, 3.63) is 24.3 Å². The Morgan fingerprint density at radius 2 is 1.65 bits per heavy atom. The summed E-state index contributed by atoms with van der Waals surface area (Å²) in [5, 5.41) is 3.19. The van der Waals surface area contributed by atoms with E-state index in [1.54, 1.807) is 0 Å². The van der Waals surface area contributed by atoms with Crippen molar-refractivity contribution >= 4 is 15.5 Å². The molecule has 0 saturated heterocycles. The van der Waals surface area contributed by atoms with Crippen molar-refractivity contribution in [3.63, 3.8) is 0 Å². The average Bonchev–Trinajstić information content (AvgIpc) is 2.36. The summed E-state index contributed by atoms with van der Waals surface area (Å²) >= 11 is 0. The summed E-state index contributed by atoms with van der Waals surface area (Å²) in [6.07, 6.45) is 0. The van der Waals surface area contributed by atoms with Gasteiger partial charge in [0, 0.05) is 12.2 Å². The summed E-state index contributed by atoms with van der Waals surface area (Å²) < 4.78 is 47.3. The van der Waals surface area contributed by atoms with Gasteiger partial charge in [-0.1, -0.05) is 27.7 Å². The SMILES string of the molecule is CC(C)C(C)(C)CNc1ccc(S(=O)(=O)C(F)F)cc1. The van der Waals surface area contributed by atoms with Gasteiger partial charge in [0.2, 0.25) is 9.84 Å². The molecule has 6 heteroatoms. The summed E-state index contributed by atoms with van der Waals surface area (Å²) in [4.78, 5) is -0.360. The lowest BCUT2D eigenvalue weighted by Gasteiger charge is -2.29. The molecule has 0 aliphatic heterocycles. The third kappa shape index (κ3) is 3.91. The molecule has 0 aliphatic rings. The molecule has 0 spiro atoms. The second kappa shape index (κ2) is 6.08. The highest BCUT2D eigenvalue weighted by atomic mass is 32.2. The van der Waals surface area contributed by atoms with E-state index in [2.05, 4.69) is 33.0 Å². The standard InChI is InChI=1S/C14H21F2NO2S/c1-10(2)14(3,4)9-17-11-5-7-12(8-6-11)20(18,19)13(15)16/h5-8,10,13,17H,9H2,1-4H3. The monoisotopic (exact) mass is 305 g/mol. The summed E-state index contributed by atoms with van der Waals surface area (Å²) in [6.45, 7) is 9.21. The molecule has 0 heterocycles. The van der Waals surface area contributed by atoms with E-state index in [1.165, 1.54) is 24.3 Å². The molecule has 0 unspecified atom stereocenters. The van der Waals surface area contributed by atoms with Gasteiger partial charge in [0.1, 0.15) is 0 Å². The van der Waals surface area contributed by atoms with Crippen molar-refractivity contribution in [2.75, 3.05) is 11.9 Å². The second-order valence-electron chi connectivity index (χ2n) is 5.83. The first-order valence-corrected chi connectivity index (χ1v) is 7.98. The van der Waals surface area contributed by atoms with E-state index in [4.69, 9.17) is 0 Å². The topological polar surface area (TPSA) is 46.2 Å². The number of halogens is 2. The number of rotatable bonds is 6. The highest BCUT2D eigenvalue weighted by Gasteiger charge is 2.26. The van der Waals surface area contributed by atoms with Gasteiger partial charge in [0.15, 0.2) is 0 Å². The zero-order valence-electron chi connectivity index (χ0n) is 12.2. The maximum absolute atomic E-state index is 12.4. The van der Waals surface area contributed by atoms with Gasteiger partial charge in [-0.25, -0.2) is 8.42 Å². The van der Waals surface area contributed by atoms with E-state index < -0.39 is 15.6 Å². The van der Waals surface area contributed by atoms with Crippen LogP contribution >= 0.6 is 0 Å². The molecule has 20 heavy (non-hydrogen) atoms. The van der Waals surface area contributed by atoms with E-state index in [9.17, 15) is 17.2 Å². The van der Waals surface area contributed by atoms with Gasteiger partial charge in [0.25, 0.3) is 0 Å². The normalized spacial score (nSPS) is 13.0. The third-order valence-corrected chi connectivity index (χ3v) is 5.13. The minimum absolute atomic E-state index is 0.0771. The smallest absolute Gasteiger partial charge is 0.341 e. The first-order valence-electron chi connectivity index (χ1n) is 6.43. The van der Waals surface area contributed by atoms with E-state index >= 15 is 0 Å². The quantitative estimate of drug-likeness (QED) is 0.870. The third-order valence-electron chi connectivity index (χ3n) is 3.73. The Morgan fingerprint density at radius 3 is 2.05 bits per heavy atom. The van der Waals surface area contributed by atoms with Crippen molar-refractivity contribution in [1.29, 1.82) is 0 Å². The first kappa shape index (κ1) is 16.9. The molecule has 0 amide bonds. The second-order valence-corrected chi connectivity index (χ2v) is 7.74. The Balaban J connectivity index is 2.79. The Labute approximate surface area is 119 Å². The molecule has 0 fully saturated rings. The molecule has 1 rings (SSSR count). The summed E-state index contributed by atoms with van der Waals surface area (Å²) in [5.74, 6) is -2.91. The van der Waals surface area contributed by atoms with E-state index in [0.717, 1.165) is 0 Å². The van der Waals surface area contributed by atoms with Crippen LogP contribution in [0.2, 0.25) is 0 Å². The van der Waals surface area contributed by atoms with Crippen molar-refractivity contribution in [2.45, 2.75) is 38.3 Å². The highest BCUT2D eigenvalue weighted by Crippen LogP contribution is 2.27. The Hall–Kier alpha value is -1.17. The average molecular weight is 305 g/mol. The van der Waals surface area contributed by atoms with E-state index in [-0.39, 0.29) is 10.3 Å². The van der Waals surface area contributed by atoms with Crippen molar-refractivity contribution in [3.8, 4) is 0 Å². The number of hydrogen-bond donors (Lipinski definition) is 1. The Kier molecular flexibility index (Phi) is 5.13. The van der Waals surface area contributed by atoms with Gasteiger partial charge in [-0.3, -0.25) is 0 Å². The first-order chi connectivity index (χ1) is 9.07. The molecule has 1 N–H and O–H groups in total. The molecule has 0 aromatic heterocycles. The van der Waals surface area contributed by atoms with Crippen molar-refractivity contribution < 1.29 is 17.2 Å². The van der Waals surface area contributed by atoms with Crippen LogP contribution in [0.1, 0.15) is 27.7 Å². The molecule has 114 valence electrons. The van der Waals surface area contributed by atoms with Crippen LogP contribution in [0.4, 0.5) is 14.5 Å². The van der Waals surface area contributed by atoms with Crippen LogP contribution in [-0.2, 0) is 9.84 Å². The molecular formula is C14H21F2NO2S. The molecule has 1 aromatic rings. The molecule has 1 aromatic carbocycles. The van der Waals surface area contributed by atoms with E-state index in [1.807, 2.05) is 0 Å². The number of sulfone groups is 1. The fourth-order valence-corrected chi connectivity index (χ4v) is 2.12. The minimum Gasteiger partial charge on any atom is -0.384 e. The van der Waals surface area contributed by atoms with Gasteiger partial charge in [-0.15, -0.1) is 0 Å². The van der Waals surface area contributed by atoms with Crippen LogP contribution in [0.5, 0.6) is 0 Å². The lowest BCUT2D eigenvalue weighted by atomic mass is 9.81. The minimum atomic E-state index is -4.51. The largest absolute Gasteiger partial charge is 0.384 e. The van der Waals surface area contributed by atoms with Gasteiger partial charge in [-0.2, -0.15) is 8.78 Å². The lowest BCUT2D eigenvalue weighted by Crippen LogP contribution is -2.28. The van der Waals surface area contributed by atoms with Crippen LogP contribution in [-0.4, -0.2) is 20.7 Å². The van der Waals surface area contributed by atoms with Crippen LogP contribution < -0.4 is 5.32 Å². The molecule has 0 bridgehead atoms. The van der Waals surface area contributed by atoms with Crippen molar-refractivity contribution in [2.24, 2.45) is 11.3 Å². The summed E-state index contributed by atoms with van der Waals surface area (Å²) in [6, 6.07) is 5.41. The highest BCUT2D eigenvalue weighted by molar-refractivity contribution is 7.91.